The Morgan fingerprint density at radius 3 is 2.77 bits per heavy atom. The van der Waals surface area contributed by atoms with Gasteiger partial charge >= 0.3 is 0 Å². The van der Waals surface area contributed by atoms with Gasteiger partial charge in [-0.3, -0.25) is 14.6 Å². The van der Waals surface area contributed by atoms with Gasteiger partial charge in [-0.05, 0) is 77.5 Å². The molecule has 30 heavy (non-hydrogen) atoms. The average molecular weight is 472 g/mol. The maximum Gasteiger partial charge on any atom is 0.241 e. The third kappa shape index (κ3) is 4.71. The molecular weight excluding hydrogens is 446 g/mol. The van der Waals surface area contributed by atoms with Crippen LogP contribution in [-0.2, 0) is 9.59 Å². The molecule has 0 radical (unpaired) electrons. The molecule has 3 unspecified atom stereocenters. The zero-order valence-electron chi connectivity index (χ0n) is 16.9. The fourth-order valence-corrected chi connectivity index (χ4v) is 4.69. The van der Waals surface area contributed by atoms with Crippen molar-refractivity contribution in [3.05, 3.63) is 58.3 Å². The summed E-state index contributed by atoms with van der Waals surface area (Å²) in [7, 11) is 0. The van der Waals surface area contributed by atoms with Crippen molar-refractivity contribution in [3.8, 4) is 0 Å². The number of aryl methyl sites for hydroxylation is 1. The van der Waals surface area contributed by atoms with Crippen LogP contribution < -0.4 is 16.2 Å². The summed E-state index contributed by atoms with van der Waals surface area (Å²) in [5.74, 6) is -0.196. The number of benzene rings is 1. The average Bonchev–Trinajstić information content (AvgIpc) is 3.26. The molecule has 8 heteroatoms. The molecule has 1 aromatic heterocycles. The van der Waals surface area contributed by atoms with Gasteiger partial charge in [0.1, 0.15) is 6.04 Å². The first-order valence-electron chi connectivity index (χ1n) is 10.3. The Morgan fingerprint density at radius 1 is 1.20 bits per heavy atom. The summed E-state index contributed by atoms with van der Waals surface area (Å²) < 4.78 is 0.864. The highest BCUT2D eigenvalue weighted by Crippen LogP contribution is 2.27. The van der Waals surface area contributed by atoms with Crippen molar-refractivity contribution in [1.82, 2.24) is 20.7 Å². The maximum absolute atomic E-state index is 13.1. The zero-order valence-corrected chi connectivity index (χ0v) is 18.5. The van der Waals surface area contributed by atoms with Crippen LogP contribution in [0.3, 0.4) is 0 Å². The van der Waals surface area contributed by atoms with Gasteiger partial charge in [0.25, 0.3) is 0 Å². The number of hydrogen-bond donors (Lipinski definition) is 3. The number of rotatable bonds is 4. The molecule has 3 heterocycles. The lowest BCUT2D eigenvalue weighted by molar-refractivity contribution is -0.136. The third-order valence-corrected chi connectivity index (χ3v) is 6.45. The molecule has 4 rings (SSSR count). The monoisotopic (exact) mass is 471 g/mol. The first kappa shape index (κ1) is 21.0. The first-order chi connectivity index (χ1) is 14.5. The summed E-state index contributed by atoms with van der Waals surface area (Å²) in [6.45, 7) is 3.15. The lowest BCUT2D eigenvalue weighted by Gasteiger charge is -2.33. The molecule has 2 saturated heterocycles. The van der Waals surface area contributed by atoms with E-state index in [9.17, 15) is 9.59 Å². The van der Waals surface area contributed by atoms with E-state index in [-0.39, 0.29) is 29.8 Å². The van der Waals surface area contributed by atoms with E-state index in [2.05, 4.69) is 37.1 Å². The van der Waals surface area contributed by atoms with Crippen LogP contribution in [0.15, 0.2) is 47.2 Å². The third-order valence-electron chi connectivity index (χ3n) is 5.80. The number of carbonyl (C=O) groups is 2. The Kier molecular flexibility index (Phi) is 6.46. The quantitative estimate of drug-likeness (QED) is 0.637. The van der Waals surface area contributed by atoms with E-state index in [0.717, 1.165) is 34.1 Å². The number of piperidine rings is 1. The molecule has 2 aliphatic rings. The van der Waals surface area contributed by atoms with E-state index in [4.69, 9.17) is 0 Å². The number of hydrogen-bond acceptors (Lipinski definition) is 5. The first-order valence-corrected chi connectivity index (χ1v) is 11.1. The minimum absolute atomic E-state index is 0.0378. The highest BCUT2D eigenvalue weighted by Gasteiger charge is 2.36. The molecule has 2 amide bonds. The molecule has 2 aliphatic heterocycles. The summed E-state index contributed by atoms with van der Waals surface area (Å²) in [4.78, 5) is 31.8. The Morgan fingerprint density at radius 2 is 2.00 bits per heavy atom. The van der Waals surface area contributed by atoms with Crippen molar-refractivity contribution < 1.29 is 9.59 Å². The number of nitrogens with one attached hydrogen (secondary N) is 3. The summed E-state index contributed by atoms with van der Waals surface area (Å²) in [6, 6.07) is 9.53. The van der Waals surface area contributed by atoms with Crippen molar-refractivity contribution in [3.63, 3.8) is 0 Å². The molecule has 0 spiro atoms. The number of carbonyl (C=O) groups excluding carboxylic acids is 2. The number of aromatic nitrogens is 1. The van der Waals surface area contributed by atoms with E-state index in [1.165, 1.54) is 0 Å². The van der Waals surface area contributed by atoms with Crippen LogP contribution in [0.1, 0.15) is 36.4 Å². The molecule has 0 saturated carbocycles. The molecule has 7 nitrogen and oxygen atoms in total. The SMILES string of the molecule is Cc1ccc(NC(=O)C2CCCN(C(=O)C3CC(c4ccncc4)NN3)C2)c(Br)c1. The van der Waals surface area contributed by atoms with Gasteiger partial charge in [0.2, 0.25) is 11.8 Å². The van der Waals surface area contributed by atoms with E-state index < -0.39 is 0 Å². The highest BCUT2D eigenvalue weighted by molar-refractivity contribution is 9.10. The molecular formula is C22H26BrN5O2. The van der Waals surface area contributed by atoms with Crippen molar-refractivity contribution in [2.24, 2.45) is 5.92 Å². The lowest BCUT2D eigenvalue weighted by atomic mass is 9.95. The Bertz CT molecular complexity index is 923. The number of likely N-dealkylation sites (tertiary alicyclic amines) is 1. The number of halogens is 1. The summed E-state index contributed by atoms with van der Waals surface area (Å²) >= 11 is 3.51. The Labute approximate surface area is 184 Å². The van der Waals surface area contributed by atoms with E-state index in [0.29, 0.717) is 19.5 Å². The highest BCUT2D eigenvalue weighted by atomic mass is 79.9. The van der Waals surface area contributed by atoms with Crippen LogP contribution >= 0.6 is 15.9 Å². The number of anilines is 1. The smallest absolute Gasteiger partial charge is 0.241 e. The van der Waals surface area contributed by atoms with Gasteiger partial charge in [-0.1, -0.05) is 6.07 Å². The van der Waals surface area contributed by atoms with Crippen molar-refractivity contribution in [2.45, 2.75) is 38.3 Å². The van der Waals surface area contributed by atoms with Crippen LogP contribution in [-0.4, -0.2) is 40.8 Å². The lowest BCUT2D eigenvalue weighted by Crippen LogP contribution is -2.50. The van der Waals surface area contributed by atoms with E-state index >= 15 is 0 Å². The van der Waals surface area contributed by atoms with Gasteiger partial charge in [-0.25, -0.2) is 10.9 Å². The van der Waals surface area contributed by atoms with Crippen molar-refractivity contribution >= 4 is 33.4 Å². The molecule has 1 aromatic carbocycles. The number of nitrogens with zero attached hydrogens (tertiary/aromatic N) is 2. The summed E-state index contributed by atoms with van der Waals surface area (Å²) in [5, 5.41) is 3.01. The van der Waals surface area contributed by atoms with Crippen molar-refractivity contribution in [2.75, 3.05) is 18.4 Å². The van der Waals surface area contributed by atoms with Gasteiger partial charge in [-0.2, -0.15) is 0 Å². The Balaban J connectivity index is 1.35. The van der Waals surface area contributed by atoms with Gasteiger partial charge in [0.15, 0.2) is 0 Å². The second-order valence-corrected chi connectivity index (χ2v) is 8.86. The van der Waals surface area contributed by atoms with Gasteiger partial charge < -0.3 is 10.2 Å². The van der Waals surface area contributed by atoms with Crippen LogP contribution in [0.4, 0.5) is 5.69 Å². The molecule has 158 valence electrons. The number of amides is 2. The fraction of sp³-hybridized carbons (Fsp3) is 0.409. The van der Waals surface area contributed by atoms with Crippen LogP contribution in [0.5, 0.6) is 0 Å². The minimum Gasteiger partial charge on any atom is -0.341 e. The molecule has 0 bridgehead atoms. The van der Waals surface area contributed by atoms with Crippen molar-refractivity contribution in [1.29, 1.82) is 0 Å². The molecule has 2 fully saturated rings. The van der Waals surface area contributed by atoms with Crippen LogP contribution in [0.2, 0.25) is 0 Å². The van der Waals surface area contributed by atoms with E-state index in [1.807, 2.05) is 42.2 Å². The van der Waals surface area contributed by atoms with Crippen LogP contribution in [0.25, 0.3) is 0 Å². The summed E-state index contributed by atoms with van der Waals surface area (Å²) in [5.41, 5.74) is 9.33. The molecule has 3 N–H and O–H groups in total. The predicted octanol–water partition coefficient (Wildman–Crippen LogP) is 2.94. The zero-order chi connectivity index (χ0) is 21.1. The largest absolute Gasteiger partial charge is 0.341 e. The van der Waals surface area contributed by atoms with E-state index in [1.54, 1.807) is 12.4 Å². The summed E-state index contributed by atoms with van der Waals surface area (Å²) in [6.07, 6.45) is 5.80. The van der Waals surface area contributed by atoms with Gasteiger partial charge in [0.05, 0.1) is 11.6 Å². The Hall–Kier alpha value is -2.29. The topological polar surface area (TPSA) is 86.4 Å². The van der Waals surface area contributed by atoms with Gasteiger partial charge in [0, 0.05) is 36.0 Å². The number of pyridine rings is 1. The van der Waals surface area contributed by atoms with Crippen LogP contribution in [0, 0.1) is 12.8 Å². The predicted molar refractivity (Wildman–Crippen MR) is 118 cm³/mol. The fourth-order valence-electron chi connectivity index (χ4n) is 4.10. The molecule has 3 atom stereocenters. The maximum atomic E-state index is 13.1. The molecule has 0 aliphatic carbocycles. The standard InChI is InChI=1S/C22H26BrN5O2/c1-14-4-5-18(17(23)11-14)25-21(29)16-3-2-10-28(13-16)22(30)20-12-19(26-27-20)15-6-8-24-9-7-15/h4-9,11,16,19-20,26-27H,2-3,10,12-13H2,1H3,(H,25,29). The second-order valence-electron chi connectivity index (χ2n) is 8.01. The normalized spacial score (nSPS) is 23.9. The van der Waals surface area contributed by atoms with Gasteiger partial charge in [-0.15, -0.1) is 0 Å². The second kappa shape index (κ2) is 9.24. The number of hydrazine groups is 1. The minimum atomic E-state index is -0.295. The molecule has 2 aromatic rings.